The maximum Gasteiger partial charge on any atom is 0.214 e. The molecule has 0 radical (unpaired) electrons. The molecular formula is C19H18N4O2S. The standard InChI is InChI=1S/C19H18N4O2S/c1-25-18-8-3-2-7-16(18)23-19(20-21-22-23)26-12-17(24)15-10-9-13-5-4-6-14(13)11-15/h2-3,7-11H,4-6,12H2,1H3. The second kappa shape index (κ2) is 7.29. The predicted molar refractivity (Wildman–Crippen MR) is 99.2 cm³/mol. The van der Waals surface area contributed by atoms with Gasteiger partial charge in [0, 0.05) is 5.56 Å². The summed E-state index contributed by atoms with van der Waals surface area (Å²) >= 11 is 1.33. The Morgan fingerprint density at radius 1 is 1.19 bits per heavy atom. The Hall–Kier alpha value is -2.67. The highest BCUT2D eigenvalue weighted by atomic mass is 32.2. The van der Waals surface area contributed by atoms with E-state index in [-0.39, 0.29) is 11.5 Å². The molecule has 0 atom stereocenters. The Balaban J connectivity index is 1.51. The van der Waals surface area contributed by atoms with E-state index in [1.807, 2.05) is 36.4 Å². The summed E-state index contributed by atoms with van der Waals surface area (Å²) in [6.07, 6.45) is 3.36. The number of para-hydroxylation sites is 2. The Kier molecular flexibility index (Phi) is 4.71. The molecule has 1 heterocycles. The number of aryl methyl sites for hydroxylation is 2. The van der Waals surface area contributed by atoms with Gasteiger partial charge in [-0.15, -0.1) is 5.10 Å². The van der Waals surface area contributed by atoms with Crippen LogP contribution in [0.15, 0.2) is 47.6 Å². The van der Waals surface area contributed by atoms with Gasteiger partial charge in [-0.25, -0.2) is 0 Å². The van der Waals surface area contributed by atoms with Crippen LogP contribution in [0.5, 0.6) is 5.75 Å². The number of aromatic nitrogens is 4. The smallest absolute Gasteiger partial charge is 0.214 e. The molecule has 0 fully saturated rings. The molecule has 2 aromatic carbocycles. The zero-order valence-electron chi connectivity index (χ0n) is 14.4. The number of rotatable bonds is 6. The molecule has 132 valence electrons. The van der Waals surface area contributed by atoms with Crippen molar-refractivity contribution in [2.24, 2.45) is 0 Å². The predicted octanol–water partition coefficient (Wildman–Crippen LogP) is 3.13. The molecule has 4 rings (SSSR count). The number of ketones is 1. The summed E-state index contributed by atoms with van der Waals surface area (Å²) in [7, 11) is 1.60. The molecule has 0 unspecified atom stereocenters. The van der Waals surface area contributed by atoms with Crippen LogP contribution < -0.4 is 4.74 Å². The highest BCUT2D eigenvalue weighted by Gasteiger charge is 2.17. The summed E-state index contributed by atoms with van der Waals surface area (Å²) in [5.74, 6) is 1.04. The van der Waals surface area contributed by atoms with Crippen LogP contribution in [0.1, 0.15) is 27.9 Å². The van der Waals surface area contributed by atoms with E-state index in [4.69, 9.17) is 4.74 Å². The van der Waals surface area contributed by atoms with Crippen LogP contribution in [-0.2, 0) is 12.8 Å². The topological polar surface area (TPSA) is 69.9 Å². The lowest BCUT2D eigenvalue weighted by molar-refractivity contribution is 0.102. The quantitative estimate of drug-likeness (QED) is 0.493. The first-order valence-electron chi connectivity index (χ1n) is 8.46. The van der Waals surface area contributed by atoms with Gasteiger partial charge in [-0.1, -0.05) is 36.0 Å². The minimum Gasteiger partial charge on any atom is -0.494 e. The van der Waals surface area contributed by atoms with Gasteiger partial charge in [0.15, 0.2) is 5.78 Å². The van der Waals surface area contributed by atoms with Crippen molar-refractivity contribution in [2.45, 2.75) is 24.4 Å². The average molecular weight is 366 g/mol. The fourth-order valence-electron chi connectivity index (χ4n) is 3.18. The lowest BCUT2D eigenvalue weighted by Gasteiger charge is -2.09. The summed E-state index contributed by atoms with van der Waals surface area (Å²) in [4.78, 5) is 12.6. The highest BCUT2D eigenvalue weighted by Crippen LogP contribution is 2.27. The Bertz CT molecular complexity index is 954. The zero-order valence-corrected chi connectivity index (χ0v) is 15.2. The van der Waals surface area contributed by atoms with Gasteiger partial charge in [0.05, 0.1) is 12.9 Å². The van der Waals surface area contributed by atoms with Crippen molar-refractivity contribution in [3.63, 3.8) is 0 Å². The van der Waals surface area contributed by atoms with Crippen LogP contribution >= 0.6 is 11.8 Å². The fourth-order valence-corrected chi connectivity index (χ4v) is 3.96. The van der Waals surface area contributed by atoms with Crippen molar-refractivity contribution in [2.75, 3.05) is 12.9 Å². The third kappa shape index (κ3) is 3.22. The van der Waals surface area contributed by atoms with Crippen molar-refractivity contribution < 1.29 is 9.53 Å². The molecule has 26 heavy (non-hydrogen) atoms. The van der Waals surface area contributed by atoms with Gasteiger partial charge >= 0.3 is 0 Å². The van der Waals surface area contributed by atoms with Gasteiger partial charge in [0.2, 0.25) is 5.16 Å². The number of carbonyl (C=O) groups is 1. The third-order valence-corrected chi connectivity index (χ3v) is 5.43. The highest BCUT2D eigenvalue weighted by molar-refractivity contribution is 7.99. The van der Waals surface area contributed by atoms with E-state index < -0.39 is 0 Å². The summed E-state index contributed by atoms with van der Waals surface area (Å²) in [5.41, 5.74) is 4.18. The molecule has 0 N–H and O–H groups in total. The van der Waals surface area contributed by atoms with Gasteiger partial charge in [0.1, 0.15) is 11.4 Å². The molecular weight excluding hydrogens is 348 g/mol. The van der Waals surface area contributed by atoms with Crippen molar-refractivity contribution in [1.82, 2.24) is 20.2 Å². The Labute approximate surface area is 155 Å². The molecule has 0 bridgehead atoms. The summed E-state index contributed by atoms with van der Waals surface area (Å²) in [5, 5.41) is 12.4. The van der Waals surface area contributed by atoms with Gasteiger partial charge in [-0.05, 0) is 59.0 Å². The fraction of sp³-hybridized carbons (Fsp3) is 0.263. The number of tetrazole rings is 1. The molecule has 0 saturated heterocycles. The SMILES string of the molecule is COc1ccccc1-n1nnnc1SCC(=O)c1ccc2c(c1)CCC2. The van der Waals surface area contributed by atoms with E-state index in [0.717, 1.165) is 24.1 Å². The van der Waals surface area contributed by atoms with Crippen molar-refractivity contribution >= 4 is 17.5 Å². The second-order valence-electron chi connectivity index (χ2n) is 6.09. The van der Waals surface area contributed by atoms with Crippen LogP contribution in [0.4, 0.5) is 0 Å². The first-order chi connectivity index (χ1) is 12.8. The number of benzene rings is 2. The Morgan fingerprint density at radius 2 is 2.04 bits per heavy atom. The molecule has 0 spiro atoms. The van der Waals surface area contributed by atoms with E-state index in [2.05, 4.69) is 21.6 Å². The lowest BCUT2D eigenvalue weighted by Crippen LogP contribution is -2.06. The molecule has 1 aliphatic rings. The third-order valence-electron chi connectivity index (χ3n) is 4.51. The molecule has 3 aromatic rings. The van der Waals surface area contributed by atoms with Crippen LogP contribution in [0.2, 0.25) is 0 Å². The molecule has 0 amide bonds. The second-order valence-corrected chi connectivity index (χ2v) is 7.04. The van der Waals surface area contributed by atoms with E-state index in [1.165, 1.54) is 29.3 Å². The van der Waals surface area contributed by atoms with Gasteiger partial charge in [-0.2, -0.15) is 4.68 Å². The van der Waals surface area contributed by atoms with Crippen molar-refractivity contribution in [1.29, 1.82) is 0 Å². The number of thioether (sulfide) groups is 1. The van der Waals surface area contributed by atoms with Crippen LogP contribution in [-0.4, -0.2) is 38.9 Å². The number of hydrogen-bond acceptors (Lipinski definition) is 6. The monoisotopic (exact) mass is 366 g/mol. The molecule has 0 aliphatic heterocycles. The molecule has 7 heteroatoms. The number of methoxy groups -OCH3 is 1. The molecule has 0 saturated carbocycles. The maximum atomic E-state index is 12.6. The van der Waals surface area contributed by atoms with Gasteiger partial charge < -0.3 is 4.74 Å². The minimum absolute atomic E-state index is 0.0827. The summed E-state index contributed by atoms with van der Waals surface area (Å²) < 4.78 is 6.97. The van der Waals surface area contributed by atoms with Crippen molar-refractivity contribution in [3.8, 4) is 11.4 Å². The number of hydrogen-bond donors (Lipinski definition) is 0. The number of ether oxygens (including phenoxy) is 1. The van der Waals surface area contributed by atoms with Gasteiger partial charge in [0.25, 0.3) is 0 Å². The van der Waals surface area contributed by atoms with Crippen LogP contribution in [0.3, 0.4) is 0 Å². The van der Waals surface area contributed by atoms with Crippen LogP contribution in [0, 0.1) is 0 Å². The lowest BCUT2D eigenvalue weighted by atomic mass is 10.0. The van der Waals surface area contributed by atoms with E-state index in [1.54, 1.807) is 11.8 Å². The maximum absolute atomic E-state index is 12.6. The van der Waals surface area contributed by atoms with Gasteiger partial charge in [-0.3, -0.25) is 4.79 Å². The zero-order chi connectivity index (χ0) is 17.9. The number of fused-ring (bicyclic) bond motifs is 1. The van der Waals surface area contributed by atoms with E-state index in [9.17, 15) is 4.79 Å². The van der Waals surface area contributed by atoms with Crippen molar-refractivity contribution in [3.05, 3.63) is 59.2 Å². The van der Waals surface area contributed by atoms with Crippen LogP contribution in [0.25, 0.3) is 5.69 Å². The molecule has 1 aromatic heterocycles. The largest absolute Gasteiger partial charge is 0.494 e. The number of nitrogens with zero attached hydrogens (tertiary/aromatic N) is 4. The number of Topliss-reactive ketones (excluding diaryl/α,β-unsaturated/α-hetero) is 1. The van der Waals surface area contributed by atoms with E-state index in [0.29, 0.717) is 10.9 Å². The molecule has 1 aliphatic carbocycles. The number of carbonyl (C=O) groups excluding carboxylic acids is 1. The van der Waals surface area contributed by atoms with E-state index >= 15 is 0 Å². The Morgan fingerprint density at radius 3 is 2.92 bits per heavy atom. The summed E-state index contributed by atoms with van der Waals surface area (Å²) in [6, 6.07) is 13.5. The normalized spacial score (nSPS) is 12.8. The summed E-state index contributed by atoms with van der Waals surface area (Å²) in [6.45, 7) is 0. The minimum atomic E-state index is 0.0827. The first kappa shape index (κ1) is 16.8. The average Bonchev–Trinajstić information content (AvgIpc) is 3.34. The first-order valence-corrected chi connectivity index (χ1v) is 9.44. The molecule has 6 nitrogen and oxygen atoms in total.